The fraction of sp³-hybridized carbons (Fsp3) is 0.368. The Labute approximate surface area is 152 Å². The van der Waals surface area contributed by atoms with Gasteiger partial charge in [-0.05, 0) is 36.1 Å². The number of hydrogen-bond acceptors (Lipinski definition) is 6. The molecule has 0 saturated carbocycles. The number of nitrogens with zero attached hydrogens (tertiary/aromatic N) is 3. The molecule has 1 aliphatic heterocycles. The Bertz CT molecular complexity index is 854. The topological polar surface area (TPSA) is 85.6 Å². The Balaban J connectivity index is 1.84. The van der Waals surface area contributed by atoms with Crippen molar-refractivity contribution >= 4 is 23.9 Å². The van der Waals surface area contributed by atoms with Crippen LogP contribution in [0, 0.1) is 0 Å². The third-order valence-electron chi connectivity index (χ3n) is 4.40. The molecule has 0 fully saturated rings. The lowest BCUT2D eigenvalue weighted by Crippen LogP contribution is -2.10. The summed E-state index contributed by atoms with van der Waals surface area (Å²) < 4.78 is 6.73. The molecular weight excluding hydrogens is 332 g/mol. The summed E-state index contributed by atoms with van der Waals surface area (Å²) in [7, 11) is 1.38. The second kappa shape index (κ2) is 7.95. The van der Waals surface area contributed by atoms with Crippen LogP contribution in [0.4, 0.5) is 5.82 Å². The molecule has 0 saturated heterocycles. The average molecular weight is 354 g/mol. The number of ether oxygens (including phenoxy) is 1. The van der Waals surface area contributed by atoms with Crippen LogP contribution < -0.4 is 5.32 Å². The molecule has 7 heteroatoms. The quantitative estimate of drug-likeness (QED) is 0.806. The number of aryl methyl sites for hydroxylation is 3. The fourth-order valence-electron chi connectivity index (χ4n) is 3.08. The highest BCUT2D eigenvalue weighted by atomic mass is 16.5. The van der Waals surface area contributed by atoms with Crippen molar-refractivity contribution in [3.05, 3.63) is 46.9 Å². The molecule has 0 unspecified atom stereocenters. The summed E-state index contributed by atoms with van der Waals surface area (Å²) in [5.41, 5.74) is 3.29. The number of aromatic nitrogens is 2. The minimum atomic E-state index is -0.339. The molecule has 3 rings (SSSR count). The number of anilines is 1. The van der Waals surface area contributed by atoms with Gasteiger partial charge in [0.1, 0.15) is 12.4 Å². The Morgan fingerprint density at radius 3 is 2.92 bits per heavy atom. The molecule has 1 aromatic heterocycles. The monoisotopic (exact) mass is 354 g/mol. The van der Waals surface area contributed by atoms with Gasteiger partial charge >= 0.3 is 5.97 Å². The van der Waals surface area contributed by atoms with Gasteiger partial charge in [-0.3, -0.25) is 9.79 Å². The lowest BCUT2D eigenvalue weighted by atomic mass is 9.98. The lowest BCUT2D eigenvalue weighted by Gasteiger charge is -2.13. The first-order valence-corrected chi connectivity index (χ1v) is 8.67. The van der Waals surface area contributed by atoms with Crippen molar-refractivity contribution in [2.24, 2.45) is 4.99 Å². The van der Waals surface area contributed by atoms with Gasteiger partial charge in [-0.25, -0.2) is 9.78 Å². The predicted molar refractivity (Wildman–Crippen MR) is 99.0 cm³/mol. The van der Waals surface area contributed by atoms with Crippen LogP contribution in [0.25, 0.3) is 0 Å². The van der Waals surface area contributed by atoms with Gasteiger partial charge in [0.2, 0.25) is 5.78 Å². The van der Waals surface area contributed by atoms with E-state index in [1.165, 1.54) is 19.0 Å². The molecule has 1 aromatic carbocycles. The summed E-state index contributed by atoms with van der Waals surface area (Å²) in [5, 5.41) is 3.03. The van der Waals surface area contributed by atoms with Crippen molar-refractivity contribution in [2.45, 2.75) is 32.7 Å². The van der Waals surface area contributed by atoms with Crippen LogP contribution in [0.5, 0.6) is 0 Å². The SMILES string of the molecule is CCCc1ccc(C(=O)OC)cc1CCn1cnc2c1NC=NCC2=O. The van der Waals surface area contributed by atoms with Gasteiger partial charge in [-0.15, -0.1) is 0 Å². The van der Waals surface area contributed by atoms with Gasteiger partial charge < -0.3 is 14.6 Å². The van der Waals surface area contributed by atoms with Gasteiger partial charge in [0.15, 0.2) is 5.69 Å². The lowest BCUT2D eigenvalue weighted by molar-refractivity contribution is 0.0600. The van der Waals surface area contributed by atoms with Crippen molar-refractivity contribution in [1.82, 2.24) is 9.55 Å². The molecular formula is C19H22N4O3. The maximum atomic E-state index is 12.0. The van der Waals surface area contributed by atoms with Crippen LogP contribution in [0.1, 0.15) is 45.3 Å². The highest BCUT2D eigenvalue weighted by molar-refractivity contribution is 6.04. The van der Waals surface area contributed by atoms with Crippen molar-refractivity contribution in [1.29, 1.82) is 0 Å². The number of ketones is 1. The molecule has 1 N–H and O–H groups in total. The van der Waals surface area contributed by atoms with Crippen LogP contribution in [-0.2, 0) is 24.1 Å². The minimum absolute atomic E-state index is 0.0978. The third kappa shape index (κ3) is 3.66. The fourth-order valence-corrected chi connectivity index (χ4v) is 3.08. The summed E-state index contributed by atoms with van der Waals surface area (Å²) in [6.45, 7) is 2.87. The number of methoxy groups -OCH3 is 1. The number of hydrogen-bond donors (Lipinski definition) is 1. The highest BCUT2D eigenvalue weighted by Gasteiger charge is 2.19. The van der Waals surface area contributed by atoms with E-state index in [1.54, 1.807) is 12.4 Å². The van der Waals surface area contributed by atoms with E-state index >= 15 is 0 Å². The molecule has 0 aliphatic carbocycles. The van der Waals surface area contributed by atoms with Crippen molar-refractivity contribution in [3.8, 4) is 0 Å². The van der Waals surface area contributed by atoms with Crippen molar-refractivity contribution < 1.29 is 14.3 Å². The number of imidazole rings is 1. The predicted octanol–water partition coefficient (Wildman–Crippen LogP) is 2.50. The Hall–Kier alpha value is -2.96. The molecule has 2 heterocycles. The van der Waals surface area contributed by atoms with Gasteiger partial charge in [-0.2, -0.15) is 0 Å². The first-order chi connectivity index (χ1) is 12.6. The Morgan fingerprint density at radius 1 is 1.31 bits per heavy atom. The molecule has 0 spiro atoms. The second-order valence-corrected chi connectivity index (χ2v) is 6.15. The van der Waals surface area contributed by atoms with Crippen LogP contribution in [0.2, 0.25) is 0 Å². The van der Waals surface area contributed by atoms with E-state index in [4.69, 9.17) is 4.74 Å². The molecule has 26 heavy (non-hydrogen) atoms. The molecule has 0 bridgehead atoms. The second-order valence-electron chi connectivity index (χ2n) is 6.15. The van der Waals surface area contributed by atoms with Gasteiger partial charge in [0.25, 0.3) is 0 Å². The van der Waals surface area contributed by atoms with E-state index < -0.39 is 0 Å². The first-order valence-electron chi connectivity index (χ1n) is 8.67. The van der Waals surface area contributed by atoms with Crippen LogP contribution in [0.15, 0.2) is 29.5 Å². The number of carbonyl (C=O) groups excluding carboxylic acids is 2. The Kier molecular flexibility index (Phi) is 5.46. The maximum Gasteiger partial charge on any atom is 0.337 e. The van der Waals surface area contributed by atoms with Crippen molar-refractivity contribution in [3.63, 3.8) is 0 Å². The van der Waals surface area contributed by atoms with Crippen LogP contribution in [0.3, 0.4) is 0 Å². The first kappa shape index (κ1) is 17.8. The molecule has 0 amide bonds. The zero-order chi connectivity index (χ0) is 18.5. The molecule has 0 atom stereocenters. The van der Waals surface area contributed by atoms with E-state index in [0.29, 0.717) is 23.6 Å². The smallest absolute Gasteiger partial charge is 0.337 e. The standard InChI is InChI=1S/C19H22N4O3/c1-3-4-13-5-6-15(19(25)26-2)9-14(13)7-8-23-12-22-17-16(24)10-20-11-21-18(17)23/h5-6,9,11-12H,3-4,7-8,10H2,1-2H3,(H,20,21). The molecule has 0 radical (unpaired) electrons. The summed E-state index contributed by atoms with van der Waals surface area (Å²) in [4.78, 5) is 32.0. The molecule has 136 valence electrons. The van der Waals surface area contributed by atoms with E-state index in [-0.39, 0.29) is 18.3 Å². The number of benzene rings is 1. The zero-order valence-electron chi connectivity index (χ0n) is 15.0. The number of carbonyl (C=O) groups is 2. The average Bonchev–Trinajstić information content (AvgIpc) is 2.97. The molecule has 7 nitrogen and oxygen atoms in total. The third-order valence-corrected chi connectivity index (χ3v) is 4.40. The largest absolute Gasteiger partial charge is 0.465 e. The number of rotatable bonds is 6. The van der Waals surface area contributed by atoms with Crippen LogP contribution in [-0.4, -0.2) is 41.3 Å². The van der Waals surface area contributed by atoms with E-state index in [2.05, 4.69) is 22.2 Å². The van der Waals surface area contributed by atoms with E-state index in [1.807, 2.05) is 16.7 Å². The zero-order valence-corrected chi connectivity index (χ0v) is 15.0. The highest BCUT2D eigenvalue weighted by Crippen LogP contribution is 2.20. The van der Waals surface area contributed by atoms with Gasteiger partial charge in [-0.1, -0.05) is 19.4 Å². The normalized spacial score (nSPS) is 13.1. The summed E-state index contributed by atoms with van der Waals surface area (Å²) >= 11 is 0. The summed E-state index contributed by atoms with van der Waals surface area (Å²) in [6, 6.07) is 5.70. The van der Waals surface area contributed by atoms with Gasteiger partial charge in [0, 0.05) is 6.54 Å². The minimum Gasteiger partial charge on any atom is -0.465 e. The number of fused-ring (bicyclic) bond motifs is 1. The molecule has 2 aromatic rings. The maximum absolute atomic E-state index is 12.0. The number of nitrogens with one attached hydrogen (secondary N) is 1. The summed E-state index contributed by atoms with van der Waals surface area (Å²) in [6.07, 6.45) is 5.89. The number of aliphatic imine (C=N–C) groups is 1. The van der Waals surface area contributed by atoms with Crippen molar-refractivity contribution in [2.75, 3.05) is 19.0 Å². The number of esters is 1. The van der Waals surface area contributed by atoms with E-state index in [0.717, 1.165) is 24.8 Å². The van der Waals surface area contributed by atoms with E-state index in [9.17, 15) is 9.59 Å². The summed E-state index contributed by atoms with van der Waals surface area (Å²) in [5.74, 6) is 0.228. The van der Waals surface area contributed by atoms with Crippen LogP contribution >= 0.6 is 0 Å². The number of Topliss-reactive ketones (excluding diaryl/α,β-unsaturated/α-hetero) is 1. The molecule has 1 aliphatic rings. The Morgan fingerprint density at radius 2 is 2.15 bits per heavy atom. The van der Waals surface area contributed by atoms with Gasteiger partial charge in [0.05, 0.1) is 25.3 Å².